The Morgan fingerprint density at radius 3 is 2.61 bits per heavy atom. The van der Waals surface area contributed by atoms with Crippen molar-refractivity contribution in [1.29, 1.82) is 0 Å². The van der Waals surface area contributed by atoms with Crippen LogP contribution in [0.1, 0.15) is 58.2 Å². The van der Waals surface area contributed by atoms with Crippen molar-refractivity contribution in [3.8, 4) is 0 Å². The van der Waals surface area contributed by atoms with Crippen LogP contribution in [0.5, 0.6) is 0 Å². The molecule has 1 aromatic heterocycles. The van der Waals surface area contributed by atoms with Crippen molar-refractivity contribution in [2.24, 2.45) is 5.92 Å². The Morgan fingerprint density at radius 1 is 1.44 bits per heavy atom. The summed E-state index contributed by atoms with van der Waals surface area (Å²) in [7, 11) is 0. The summed E-state index contributed by atoms with van der Waals surface area (Å²) < 4.78 is 4.39. The summed E-state index contributed by atoms with van der Waals surface area (Å²) in [6, 6.07) is 0. The molecule has 0 bridgehead atoms. The Balaban J connectivity index is 2.05. The van der Waals surface area contributed by atoms with Crippen molar-refractivity contribution in [2.75, 3.05) is 11.2 Å². The molecule has 0 aromatic carbocycles. The minimum Gasteiger partial charge on any atom is -0.354 e. The minimum atomic E-state index is 0.0296. The molecule has 1 aliphatic carbocycles. The maximum atomic E-state index is 6.20. The molecule has 0 saturated heterocycles. The molecule has 0 unspecified atom stereocenters. The molecule has 0 amide bonds. The summed E-state index contributed by atoms with van der Waals surface area (Å²) in [4.78, 5) is 4.55. The van der Waals surface area contributed by atoms with E-state index < -0.39 is 0 Å². The van der Waals surface area contributed by atoms with Crippen LogP contribution in [-0.2, 0) is 0 Å². The molecule has 1 saturated carbocycles. The zero-order valence-electron chi connectivity index (χ0n) is 11.4. The van der Waals surface area contributed by atoms with Gasteiger partial charge in [-0.15, -0.1) is 11.6 Å². The SMILES string of the molecule is CC1CCC(CCl)(Nc2nc(C(C)C)ns2)CC1. The number of aromatic nitrogens is 2. The van der Waals surface area contributed by atoms with Crippen LogP contribution in [0.4, 0.5) is 5.13 Å². The fourth-order valence-electron chi connectivity index (χ4n) is 2.35. The fraction of sp³-hybridized carbons (Fsp3) is 0.846. The van der Waals surface area contributed by atoms with E-state index in [4.69, 9.17) is 11.6 Å². The average molecular weight is 288 g/mol. The van der Waals surface area contributed by atoms with E-state index in [0.29, 0.717) is 11.8 Å². The summed E-state index contributed by atoms with van der Waals surface area (Å²) in [5.41, 5.74) is 0.0296. The van der Waals surface area contributed by atoms with Crippen molar-refractivity contribution >= 4 is 28.3 Å². The molecule has 1 heterocycles. The van der Waals surface area contributed by atoms with Crippen LogP contribution in [0.25, 0.3) is 0 Å². The number of nitrogens with one attached hydrogen (secondary N) is 1. The minimum absolute atomic E-state index is 0.0296. The third-order valence-electron chi connectivity index (χ3n) is 3.82. The van der Waals surface area contributed by atoms with Crippen molar-refractivity contribution < 1.29 is 0 Å². The molecule has 2 rings (SSSR count). The van der Waals surface area contributed by atoms with Crippen molar-refractivity contribution in [3.63, 3.8) is 0 Å². The molecule has 1 aromatic rings. The second-order valence-electron chi connectivity index (χ2n) is 5.83. The molecule has 0 aliphatic heterocycles. The summed E-state index contributed by atoms with van der Waals surface area (Å²) in [6.45, 7) is 6.55. The normalized spacial score (nSPS) is 28.6. The smallest absolute Gasteiger partial charge is 0.203 e. The van der Waals surface area contributed by atoms with Gasteiger partial charge in [-0.2, -0.15) is 4.37 Å². The molecule has 0 radical (unpaired) electrons. The highest BCUT2D eigenvalue weighted by Gasteiger charge is 2.34. The first-order valence-electron chi connectivity index (χ1n) is 6.72. The lowest BCUT2D eigenvalue weighted by molar-refractivity contribution is 0.287. The molecular weight excluding hydrogens is 266 g/mol. The van der Waals surface area contributed by atoms with Crippen LogP contribution in [0, 0.1) is 5.92 Å². The summed E-state index contributed by atoms with van der Waals surface area (Å²) in [5, 5.41) is 4.48. The molecule has 18 heavy (non-hydrogen) atoms. The molecule has 3 nitrogen and oxygen atoms in total. The zero-order valence-corrected chi connectivity index (χ0v) is 12.9. The maximum absolute atomic E-state index is 6.20. The number of alkyl halides is 1. The molecule has 5 heteroatoms. The first kappa shape index (κ1) is 14.1. The van der Waals surface area contributed by atoms with Crippen LogP contribution in [0.3, 0.4) is 0 Å². The van der Waals surface area contributed by atoms with Gasteiger partial charge in [0.25, 0.3) is 0 Å². The predicted octanol–water partition coefficient (Wildman–Crippen LogP) is 4.26. The molecule has 102 valence electrons. The number of nitrogens with zero attached hydrogens (tertiary/aromatic N) is 2. The van der Waals surface area contributed by atoms with Crippen LogP contribution in [0.15, 0.2) is 0 Å². The Kier molecular flexibility index (Phi) is 4.49. The average Bonchev–Trinajstić information content (AvgIpc) is 2.81. The van der Waals surface area contributed by atoms with Gasteiger partial charge in [0.2, 0.25) is 5.13 Å². The van der Waals surface area contributed by atoms with Gasteiger partial charge in [0, 0.05) is 23.3 Å². The summed E-state index contributed by atoms with van der Waals surface area (Å²) in [5.74, 6) is 2.78. The Labute approximate surface area is 119 Å². The van der Waals surface area contributed by atoms with Gasteiger partial charge in [0.05, 0.1) is 5.54 Å². The predicted molar refractivity (Wildman–Crippen MR) is 78.7 cm³/mol. The second kappa shape index (κ2) is 5.74. The van der Waals surface area contributed by atoms with Gasteiger partial charge in [-0.25, -0.2) is 4.98 Å². The Morgan fingerprint density at radius 2 is 2.11 bits per heavy atom. The highest BCUT2D eigenvalue weighted by atomic mass is 35.5. The summed E-state index contributed by atoms with van der Waals surface area (Å²) in [6.07, 6.45) is 4.76. The van der Waals surface area contributed by atoms with Crippen molar-refractivity contribution in [2.45, 2.75) is 57.9 Å². The van der Waals surface area contributed by atoms with E-state index in [0.717, 1.165) is 29.7 Å². The third kappa shape index (κ3) is 3.15. The highest BCUT2D eigenvalue weighted by molar-refractivity contribution is 7.09. The third-order valence-corrected chi connectivity index (χ3v) is 4.97. The Hall–Kier alpha value is -0.350. The van der Waals surface area contributed by atoms with Crippen LogP contribution in [-0.4, -0.2) is 20.8 Å². The first-order valence-corrected chi connectivity index (χ1v) is 8.03. The standard InChI is InChI=1S/C13H22ClN3S/c1-9(2)11-15-12(18-17-11)16-13(8-14)6-4-10(3)5-7-13/h9-10H,4-8H2,1-3H3,(H,15,16,17). The number of hydrogen-bond donors (Lipinski definition) is 1. The summed E-state index contributed by atoms with van der Waals surface area (Å²) >= 11 is 7.65. The molecular formula is C13H22ClN3S. The molecule has 0 atom stereocenters. The second-order valence-corrected chi connectivity index (χ2v) is 6.85. The van der Waals surface area contributed by atoms with Gasteiger partial charge < -0.3 is 5.32 Å². The molecule has 0 spiro atoms. The number of rotatable bonds is 4. The van der Waals surface area contributed by atoms with Crippen LogP contribution >= 0.6 is 23.1 Å². The van der Waals surface area contributed by atoms with Gasteiger partial charge in [0.1, 0.15) is 5.82 Å². The lowest BCUT2D eigenvalue weighted by Crippen LogP contribution is -2.43. The van der Waals surface area contributed by atoms with E-state index in [-0.39, 0.29) is 5.54 Å². The Bertz CT molecular complexity index is 383. The van der Waals surface area contributed by atoms with Crippen molar-refractivity contribution in [3.05, 3.63) is 5.82 Å². The topological polar surface area (TPSA) is 37.8 Å². The van der Waals surface area contributed by atoms with E-state index in [2.05, 4.69) is 35.4 Å². The zero-order chi connectivity index (χ0) is 13.2. The van der Waals surface area contributed by atoms with Crippen LogP contribution < -0.4 is 5.32 Å². The lowest BCUT2D eigenvalue weighted by Gasteiger charge is -2.38. The number of halogens is 1. The molecule has 1 fully saturated rings. The van der Waals surface area contributed by atoms with Gasteiger partial charge in [0.15, 0.2) is 0 Å². The first-order chi connectivity index (χ1) is 8.54. The largest absolute Gasteiger partial charge is 0.354 e. The van der Waals surface area contributed by atoms with Crippen molar-refractivity contribution in [1.82, 2.24) is 9.36 Å². The van der Waals surface area contributed by atoms with Gasteiger partial charge in [-0.1, -0.05) is 20.8 Å². The fourth-order valence-corrected chi connectivity index (χ4v) is 3.52. The van der Waals surface area contributed by atoms with E-state index in [1.807, 2.05) is 0 Å². The quantitative estimate of drug-likeness (QED) is 0.841. The maximum Gasteiger partial charge on any atom is 0.203 e. The van der Waals surface area contributed by atoms with Crippen LogP contribution in [0.2, 0.25) is 0 Å². The highest BCUT2D eigenvalue weighted by Crippen LogP contribution is 2.36. The van der Waals surface area contributed by atoms with E-state index in [1.54, 1.807) is 0 Å². The van der Waals surface area contributed by atoms with Gasteiger partial charge in [-0.3, -0.25) is 0 Å². The molecule has 1 aliphatic rings. The van der Waals surface area contributed by atoms with E-state index in [1.165, 1.54) is 24.4 Å². The lowest BCUT2D eigenvalue weighted by atomic mass is 9.78. The monoisotopic (exact) mass is 287 g/mol. The van der Waals surface area contributed by atoms with Gasteiger partial charge in [-0.05, 0) is 31.6 Å². The van der Waals surface area contributed by atoms with E-state index >= 15 is 0 Å². The number of hydrogen-bond acceptors (Lipinski definition) is 4. The van der Waals surface area contributed by atoms with E-state index in [9.17, 15) is 0 Å². The number of anilines is 1. The van der Waals surface area contributed by atoms with Gasteiger partial charge >= 0.3 is 0 Å². The molecule has 1 N–H and O–H groups in total.